The largest absolute Gasteiger partial charge is 0.485 e. The van der Waals surface area contributed by atoms with Gasteiger partial charge in [0.05, 0.1) is 0 Å². The van der Waals surface area contributed by atoms with Gasteiger partial charge in [0.15, 0.2) is 17.4 Å². The van der Waals surface area contributed by atoms with Crippen LogP contribution in [0.5, 0.6) is 5.75 Å². The lowest BCUT2D eigenvalue weighted by atomic mass is 10.1. The summed E-state index contributed by atoms with van der Waals surface area (Å²) in [5, 5.41) is 13.0. The Labute approximate surface area is 142 Å². The average Bonchev–Trinajstić information content (AvgIpc) is 2.52. The number of rotatable bonds is 7. The lowest BCUT2D eigenvalue weighted by Crippen LogP contribution is -2.33. The second-order valence-electron chi connectivity index (χ2n) is 5.20. The number of ether oxygens (including phenoxy) is 1. The molecule has 0 aliphatic heterocycles. The molecule has 0 fully saturated rings. The normalized spacial score (nSPS) is 13.6. The van der Waals surface area contributed by atoms with E-state index in [4.69, 9.17) is 4.74 Å². The molecule has 0 aliphatic carbocycles. The SMILES string of the molecule is C[C@H](NC[C@H](O)COc1c(F)cc(Br)cc1F)c1ccccc1. The molecule has 0 aliphatic rings. The first-order valence-electron chi connectivity index (χ1n) is 7.21. The molecule has 0 aromatic heterocycles. The molecule has 0 heterocycles. The van der Waals surface area contributed by atoms with Crippen molar-refractivity contribution in [2.24, 2.45) is 0 Å². The summed E-state index contributed by atoms with van der Waals surface area (Å²) >= 11 is 3.00. The van der Waals surface area contributed by atoms with Crippen LogP contribution in [0.4, 0.5) is 8.78 Å². The molecular weight excluding hydrogens is 368 g/mol. The molecule has 3 nitrogen and oxygen atoms in total. The fraction of sp³-hybridized carbons (Fsp3) is 0.294. The molecule has 0 saturated carbocycles. The van der Waals surface area contributed by atoms with Crippen LogP contribution in [-0.2, 0) is 0 Å². The Balaban J connectivity index is 1.83. The highest BCUT2D eigenvalue weighted by Crippen LogP contribution is 2.25. The zero-order valence-corrected chi connectivity index (χ0v) is 14.2. The molecule has 6 heteroatoms. The predicted octanol–water partition coefficient (Wildman–Crippen LogP) is 3.82. The number of hydrogen-bond donors (Lipinski definition) is 2. The first kappa shape index (κ1) is 17.8. The van der Waals surface area contributed by atoms with Crippen molar-refractivity contribution in [2.75, 3.05) is 13.2 Å². The van der Waals surface area contributed by atoms with Crippen molar-refractivity contribution >= 4 is 15.9 Å². The van der Waals surface area contributed by atoms with E-state index in [2.05, 4.69) is 21.2 Å². The molecular formula is C17H18BrF2NO2. The molecule has 0 amide bonds. The molecule has 0 bridgehead atoms. The van der Waals surface area contributed by atoms with Gasteiger partial charge in [-0.15, -0.1) is 0 Å². The van der Waals surface area contributed by atoms with Crippen LogP contribution >= 0.6 is 15.9 Å². The summed E-state index contributed by atoms with van der Waals surface area (Å²) in [4.78, 5) is 0. The predicted molar refractivity (Wildman–Crippen MR) is 88.4 cm³/mol. The summed E-state index contributed by atoms with van der Waals surface area (Å²) in [6.07, 6.45) is -0.886. The van der Waals surface area contributed by atoms with Gasteiger partial charge in [0.25, 0.3) is 0 Å². The minimum atomic E-state index is -0.886. The van der Waals surface area contributed by atoms with Crippen LogP contribution in [0.3, 0.4) is 0 Å². The molecule has 2 N–H and O–H groups in total. The fourth-order valence-electron chi connectivity index (χ4n) is 2.08. The summed E-state index contributed by atoms with van der Waals surface area (Å²) in [6.45, 7) is 2.01. The zero-order chi connectivity index (χ0) is 16.8. The van der Waals surface area contributed by atoms with Crippen LogP contribution in [0.1, 0.15) is 18.5 Å². The van der Waals surface area contributed by atoms with Gasteiger partial charge >= 0.3 is 0 Å². The molecule has 23 heavy (non-hydrogen) atoms. The topological polar surface area (TPSA) is 41.5 Å². The van der Waals surface area contributed by atoms with Gasteiger partial charge in [-0.3, -0.25) is 0 Å². The molecule has 2 atom stereocenters. The number of hydrogen-bond acceptors (Lipinski definition) is 3. The smallest absolute Gasteiger partial charge is 0.190 e. The number of aliphatic hydroxyl groups is 1. The first-order valence-corrected chi connectivity index (χ1v) is 8.00. The van der Waals surface area contributed by atoms with E-state index in [1.807, 2.05) is 37.3 Å². The Morgan fingerprint density at radius 2 is 1.78 bits per heavy atom. The minimum Gasteiger partial charge on any atom is -0.485 e. The molecule has 0 saturated heterocycles. The van der Waals surface area contributed by atoms with Crippen LogP contribution in [0.15, 0.2) is 46.9 Å². The first-order chi connectivity index (χ1) is 11.0. The van der Waals surface area contributed by atoms with Gasteiger partial charge in [-0.2, -0.15) is 0 Å². The van der Waals surface area contributed by atoms with E-state index in [1.54, 1.807) is 0 Å². The van der Waals surface area contributed by atoms with Crippen molar-refractivity contribution in [3.63, 3.8) is 0 Å². The van der Waals surface area contributed by atoms with Gasteiger partial charge in [-0.25, -0.2) is 8.78 Å². The Hall–Kier alpha value is -1.50. The summed E-state index contributed by atoms with van der Waals surface area (Å²) in [7, 11) is 0. The molecule has 0 unspecified atom stereocenters. The Kier molecular flexibility index (Phi) is 6.50. The number of halogens is 3. The molecule has 0 spiro atoms. The highest BCUT2D eigenvalue weighted by molar-refractivity contribution is 9.10. The quantitative estimate of drug-likeness (QED) is 0.761. The van der Waals surface area contributed by atoms with E-state index in [0.29, 0.717) is 4.47 Å². The van der Waals surface area contributed by atoms with Crippen molar-refractivity contribution in [1.82, 2.24) is 5.32 Å². The minimum absolute atomic E-state index is 0.0482. The van der Waals surface area contributed by atoms with E-state index in [1.165, 1.54) is 0 Å². The Bertz CT molecular complexity index is 617. The number of aliphatic hydroxyl groups excluding tert-OH is 1. The monoisotopic (exact) mass is 385 g/mol. The molecule has 2 aromatic rings. The van der Waals surface area contributed by atoms with Gasteiger partial charge in [0, 0.05) is 17.1 Å². The number of benzene rings is 2. The summed E-state index contributed by atoms with van der Waals surface area (Å²) < 4.78 is 32.6. The third-order valence-electron chi connectivity index (χ3n) is 3.34. The van der Waals surface area contributed by atoms with E-state index >= 15 is 0 Å². The van der Waals surface area contributed by atoms with Gasteiger partial charge < -0.3 is 15.2 Å². The number of nitrogens with one attached hydrogen (secondary N) is 1. The van der Waals surface area contributed by atoms with Crippen LogP contribution in [-0.4, -0.2) is 24.4 Å². The van der Waals surface area contributed by atoms with Gasteiger partial charge in [0.2, 0.25) is 0 Å². The summed E-state index contributed by atoms with van der Waals surface area (Å²) in [5.74, 6) is -2.10. The van der Waals surface area contributed by atoms with E-state index < -0.39 is 23.5 Å². The van der Waals surface area contributed by atoms with Gasteiger partial charge in [0.1, 0.15) is 12.7 Å². The van der Waals surface area contributed by atoms with E-state index in [0.717, 1.165) is 17.7 Å². The van der Waals surface area contributed by atoms with Crippen molar-refractivity contribution in [3.05, 3.63) is 64.1 Å². The van der Waals surface area contributed by atoms with Crippen molar-refractivity contribution in [1.29, 1.82) is 0 Å². The maximum absolute atomic E-state index is 13.6. The van der Waals surface area contributed by atoms with Crippen molar-refractivity contribution < 1.29 is 18.6 Å². The molecule has 2 rings (SSSR count). The molecule has 124 valence electrons. The third-order valence-corrected chi connectivity index (χ3v) is 3.80. The Morgan fingerprint density at radius 3 is 2.39 bits per heavy atom. The highest BCUT2D eigenvalue weighted by atomic mass is 79.9. The highest BCUT2D eigenvalue weighted by Gasteiger charge is 2.15. The standard InChI is InChI=1S/C17H18BrF2NO2/c1-11(12-5-3-2-4-6-12)21-9-14(22)10-23-17-15(19)7-13(18)8-16(17)20/h2-8,11,14,21-22H,9-10H2,1H3/t11-,14-/m0/s1. The third kappa shape index (κ3) is 5.27. The maximum atomic E-state index is 13.6. The zero-order valence-electron chi connectivity index (χ0n) is 12.6. The second-order valence-corrected chi connectivity index (χ2v) is 6.12. The van der Waals surface area contributed by atoms with Crippen molar-refractivity contribution in [3.8, 4) is 5.75 Å². The van der Waals surface area contributed by atoms with Crippen LogP contribution in [0, 0.1) is 11.6 Å². The molecule has 0 radical (unpaired) electrons. The lowest BCUT2D eigenvalue weighted by molar-refractivity contribution is 0.0993. The second kappa shape index (κ2) is 8.38. The maximum Gasteiger partial charge on any atom is 0.190 e. The summed E-state index contributed by atoms with van der Waals surface area (Å²) in [6, 6.07) is 12.0. The van der Waals surface area contributed by atoms with Gasteiger partial charge in [-0.1, -0.05) is 46.3 Å². The van der Waals surface area contributed by atoms with E-state index in [9.17, 15) is 13.9 Å². The van der Waals surface area contributed by atoms with Crippen molar-refractivity contribution in [2.45, 2.75) is 19.1 Å². The van der Waals surface area contributed by atoms with Gasteiger partial charge in [-0.05, 0) is 24.6 Å². The fourth-order valence-corrected chi connectivity index (χ4v) is 2.48. The lowest BCUT2D eigenvalue weighted by Gasteiger charge is -2.18. The summed E-state index contributed by atoms with van der Waals surface area (Å²) in [5.41, 5.74) is 1.09. The average molecular weight is 386 g/mol. The van der Waals surface area contributed by atoms with E-state index in [-0.39, 0.29) is 19.2 Å². The van der Waals surface area contributed by atoms with Crippen LogP contribution in [0.25, 0.3) is 0 Å². The van der Waals surface area contributed by atoms with Crippen LogP contribution < -0.4 is 10.1 Å². The Morgan fingerprint density at radius 1 is 1.17 bits per heavy atom. The van der Waals surface area contributed by atoms with Crippen LogP contribution in [0.2, 0.25) is 0 Å². The molecule has 2 aromatic carbocycles.